The third-order valence-electron chi connectivity index (χ3n) is 6.01. The van der Waals surface area contributed by atoms with Crippen molar-refractivity contribution < 1.29 is 28.6 Å². The van der Waals surface area contributed by atoms with Gasteiger partial charge in [-0.25, -0.2) is 0 Å². The molecule has 3 aromatic rings. The topological polar surface area (TPSA) is 89.2 Å². The number of hydrogen-bond acceptors (Lipinski definition) is 6. The summed E-state index contributed by atoms with van der Waals surface area (Å²) in [6, 6.07) is 15.4. The number of nitrogens with zero attached hydrogens (tertiary/aromatic N) is 1. The van der Waals surface area contributed by atoms with Crippen LogP contribution in [0.1, 0.15) is 48.3 Å². The molecule has 2 aliphatic heterocycles. The van der Waals surface area contributed by atoms with Crippen molar-refractivity contribution in [2.24, 2.45) is 0 Å². The Kier molecular flexibility index (Phi) is 5.17. The van der Waals surface area contributed by atoms with Crippen molar-refractivity contribution in [1.82, 2.24) is 4.90 Å². The third kappa shape index (κ3) is 3.65. The second-order valence-corrected chi connectivity index (χ2v) is 8.40. The monoisotopic (exact) mass is 445 g/mol. The van der Waals surface area contributed by atoms with Crippen LogP contribution in [-0.4, -0.2) is 28.5 Å². The number of ketones is 1. The molecule has 0 aliphatic carbocycles. The fraction of sp³-hybridized carbons (Fsp3) is 0.231. The van der Waals surface area contributed by atoms with Gasteiger partial charge >= 0.3 is 0 Å². The van der Waals surface area contributed by atoms with E-state index < -0.39 is 17.7 Å². The molecule has 0 spiro atoms. The predicted octanol–water partition coefficient (Wildman–Crippen LogP) is 4.75. The maximum Gasteiger partial charge on any atom is 0.296 e. The van der Waals surface area contributed by atoms with Crippen LogP contribution in [0.15, 0.2) is 70.9 Å². The van der Waals surface area contributed by atoms with E-state index in [0.717, 1.165) is 11.1 Å². The van der Waals surface area contributed by atoms with Gasteiger partial charge in [-0.05, 0) is 47.4 Å². The molecule has 7 heteroatoms. The molecule has 1 unspecified atom stereocenters. The van der Waals surface area contributed by atoms with Crippen LogP contribution in [0.5, 0.6) is 11.5 Å². The number of hydrogen-bond donors (Lipinski definition) is 1. The summed E-state index contributed by atoms with van der Waals surface area (Å²) >= 11 is 0. The van der Waals surface area contributed by atoms with Crippen LogP contribution in [-0.2, 0) is 16.1 Å². The third-order valence-corrected chi connectivity index (χ3v) is 6.01. The minimum absolute atomic E-state index is 0.0303. The highest BCUT2D eigenvalue weighted by atomic mass is 16.7. The molecular formula is C26H23NO6. The van der Waals surface area contributed by atoms with Gasteiger partial charge in [0.25, 0.3) is 11.7 Å². The number of Topliss-reactive ketones (excluding diaryl/α,β-unsaturated/α-hetero) is 1. The van der Waals surface area contributed by atoms with Crippen molar-refractivity contribution in [2.45, 2.75) is 32.4 Å². The molecule has 33 heavy (non-hydrogen) atoms. The molecule has 7 nitrogen and oxygen atoms in total. The number of rotatable bonds is 5. The van der Waals surface area contributed by atoms with Gasteiger partial charge in [0.05, 0.1) is 24.4 Å². The second kappa shape index (κ2) is 8.16. The van der Waals surface area contributed by atoms with Crippen molar-refractivity contribution in [3.63, 3.8) is 0 Å². The molecule has 0 radical (unpaired) electrons. The van der Waals surface area contributed by atoms with E-state index in [4.69, 9.17) is 13.9 Å². The average molecular weight is 445 g/mol. The van der Waals surface area contributed by atoms with E-state index in [9.17, 15) is 14.7 Å². The fourth-order valence-corrected chi connectivity index (χ4v) is 4.22. The van der Waals surface area contributed by atoms with Crippen LogP contribution in [0.3, 0.4) is 0 Å². The molecule has 168 valence electrons. The molecule has 2 aromatic carbocycles. The summed E-state index contributed by atoms with van der Waals surface area (Å²) in [5, 5.41) is 11.2. The molecule has 1 atom stereocenters. The number of aliphatic hydroxyl groups excluding tert-OH is 1. The zero-order valence-corrected chi connectivity index (χ0v) is 18.3. The van der Waals surface area contributed by atoms with E-state index in [1.165, 1.54) is 11.2 Å². The molecule has 2 aliphatic rings. The summed E-state index contributed by atoms with van der Waals surface area (Å²) in [5.41, 5.74) is 2.27. The van der Waals surface area contributed by atoms with Gasteiger partial charge in [-0.2, -0.15) is 0 Å². The van der Waals surface area contributed by atoms with E-state index in [2.05, 4.69) is 13.8 Å². The number of aliphatic hydroxyl groups is 1. The fourth-order valence-electron chi connectivity index (χ4n) is 4.22. The van der Waals surface area contributed by atoms with E-state index in [1.54, 1.807) is 30.3 Å². The average Bonchev–Trinajstić information content (AvgIpc) is 3.55. The van der Waals surface area contributed by atoms with Gasteiger partial charge in [0.2, 0.25) is 6.79 Å². The van der Waals surface area contributed by atoms with Crippen LogP contribution < -0.4 is 9.47 Å². The minimum atomic E-state index is -0.762. The molecular weight excluding hydrogens is 422 g/mol. The Morgan fingerprint density at radius 3 is 2.52 bits per heavy atom. The highest BCUT2D eigenvalue weighted by Crippen LogP contribution is 2.42. The lowest BCUT2D eigenvalue weighted by Gasteiger charge is -2.25. The highest BCUT2D eigenvalue weighted by Gasteiger charge is 2.46. The number of amides is 1. The molecule has 1 saturated heterocycles. The lowest BCUT2D eigenvalue weighted by Crippen LogP contribution is -2.29. The van der Waals surface area contributed by atoms with Crippen molar-refractivity contribution >= 4 is 17.4 Å². The quantitative estimate of drug-likeness (QED) is 0.346. The van der Waals surface area contributed by atoms with Crippen molar-refractivity contribution in [2.75, 3.05) is 6.79 Å². The first-order valence-corrected chi connectivity index (χ1v) is 10.7. The van der Waals surface area contributed by atoms with Gasteiger partial charge in [-0.1, -0.05) is 38.1 Å². The Morgan fingerprint density at radius 1 is 1.06 bits per heavy atom. The molecule has 1 amide bonds. The number of fused-ring (bicyclic) bond motifs is 1. The SMILES string of the molecule is CC(C)c1ccc(C2/C(=C(/O)c3ccc4c(c3)OCO4)C(=O)C(=O)N2Cc2ccco2)cc1. The zero-order chi connectivity index (χ0) is 23.1. The molecule has 0 bridgehead atoms. The van der Waals surface area contributed by atoms with Crippen LogP contribution in [0.4, 0.5) is 0 Å². The van der Waals surface area contributed by atoms with Crippen molar-refractivity contribution in [3.8, 4) is 11.5 Å². The summed E-state index contributed by atoms with van der Waals surface area (Å²) in [7, 11) is 0. The van der Waals surface area contributed by atoms with Crippen LogP contribution in [0.2, 0.25) is 0 Å². The van der Waals surface area contributed by atoms with E-state index in [-0.39, 0.29) is 24.7 Å². The Bertz CT molecular complexity index is 1240. The number of likely N-dealkylation sites (tertiary alicyclic amines) is 1. The lowest BCUT2D eigenvalue weighted by atomic mass is 9.93. The molecule has 0 saturated carbocycles. The van der Waals surface area contributed by atoms with Crippen molar-refractivity contribution in [3.05, 3.63) is 88.9 Å². The van der Waals surface area contributed by atoms with Gasteiger partial charge in [0.15, 0.2) is 11.5 Å². The number of carbonyl (C=O) groups excluding carboxylic acids is 2. The Morgan fingerprint density at radius 2 is 1.82 bits per heavy atom. The smallest absolute Gasteiger partial charge is 0.296 e. The second-order valence-electron chi connectivity index (χ2n) is 8.40. The van der Waals surface area contributed by atoms with Gasteiger partial charge < -0.3 is 23.9 Å². The largest absolute Gasteiger partial charge is 0.507 e. The van der Waals surface area contributed by atoms with E-state index in [1.807, 2.05) is 24.3 Å². The summed E-state index contributed by atoms with van der Waals surface area (Å²) in [6.07, 6.45) is 1.52. The first-order valence-electron chi connectivity index (χ1n) is 10.7. The van der Waals surface area contributed by atoms with Gasteiger partial charge in [0, 0.05) is 5.56 Å². The Balaban J connectivity index is 1.63. The Hall–Kier alpha value is -4.00. The summed E-state index contributed by atoms with van der Waals surface area (Å²) in [5.74, 6) is 0.228. The molecule has 1 fully saturated rings. The number of benzene rings is 2. The van der Waals surface area contributed by atoms with Crippen LogP contribution >= 0.6 is 0 Å². The number of carbonyl (C=O) groups is 2. The number of furan rings is 1. The van der Waals surface area contributed by atoms with Crippen LogP contribution in [0.25, 0.3) is 5.76 Å². The number of ether oxygens (including phenoxy) is 2. The summed E-state index contributed by atoms with van der Waals surface area (Å²) in [6.45, 7) is 4.39. The summed E-state index contributed by atoms with van der Waals surface area (Å²) < 4.78 is 16.2. The normalized spacial score (nSPS) is 19.0. The first kappa shape index (κ1) is 20.9. The van der Waals surface area contributed by atoms with E-state index >= 15 is 0 Å². The van der Waals surface area contributed by atoms with Crippen molar-refractivity contribution in [1.29, 1.82) is 0 Å². The first-order chi connectivity index (χ1) is 15.9. The van der Waals surface area contributed by atoms with Crippen LogP contribution in [0, 0.1) is 0 Å². The zero-order valence-electron chi connectivity index (χ0n) is 18.3. The maximum atomic E-state index is 13.2. The standard InChI is InChI=1S/C26H23NO6/c1-15(2)16-5-7-17(8-6-16)23-22(24(28)18-9-10-20-21(12-18)33-14-32-20)25(29)26(30)27(23)13-19-4-3-11-31-19/h3-12,15,23,28H,13-14H2,1-2H3/b24-22-. The van der Waals surface area contributed by atoms with Gasteiger partial charge in [-0.15, -0.1) is 0 Å². The Labute approximate surface area is 190 Å². The van der Waals surface area contributed by atoms with Gasteiger partial charge in [0.1, 0.15) is 11.5 Å². The molecule has 1 N–H and O–H groups in total. The molecule has 3 heterocycles. The summed E-state index contributed by atoms with van der Waals surface area (Å²) in [4.78, 5) is 27.7. The molecule has 1 aromatic heterocycles. The maximum absolute atomic E-state index is 13.2. The molecule has 5 rings (SSSR count). The highest BCUT2D eigenvalue weighted by molar-refractivity contribution is 6.46. The lowest BCUT2D eigenvalue weighted by molar-refractivity contribution is -0.140. The van der Waals surface area contributed by atoms with E-state index in [0.29, 0.717) is 28.7 Å². The van der Waals surface area contributed by atoms with Gasteiger partial charge in [-0.3, -0.25) is 9.59 Å². The minimum Gasteiger partial charge on any atom is -0.507 e. The predicted molar refractivity (Wildman–Crippen MR) is 120 cm³/mol.